The number of carbonyl (C=O) groups excluding carboxylic acids is 2. The Balaban J connectivity index is 1.56. The molecule has 0 bridgehead atoms. The number of fused-ring (bicyclic) bond motifs is 1. The summed E-state index contributed by atoms with van der Waals surface area (Å²) >= 11 is 0. The lowest BCUT2D eigenvalue weighted by Crippen LogP contribution is -2.65. The second kappa shape index (κ2) is 10.4. The maximum Gasteiger partial charge on any atom is 0.356 e. The predicted octanol–water partition coefficient (Wildman–Crippen LogP) is 7.14. The van der Waals surface area contributed by atoms with E-state index in [4.69, 9.17) is 9.16 Å². The van der Waals surface area contributed by atoms with E-state index in [1.807, 2.05) is 74.5 Å². The second-order valence-electron chi connectivity index (χ2n) is 10.9. The van der Waals surface area contributed by atoms with Gasteiger partial charge >= 0.3 is 5.97 Å². The van der Waals surface area contributed by atoms with E-state index in [9.17, 15) is 9.59 Å². The lowest BCUT2D eigenvalue weighted by molar-refractivity contribution is -0.159. The molecule has 1 fully saturated rings. The number of carbonyl (C=O) groups is 2. The van der Waals surface area contributed by atoms with Gasteiger partial charge in [-0.1, -0.05) is 103 Å². The lowest BCUT2D eigenvalue weighted by Gasteiger charge is -2.52. The zero-order valence-electron chi connectivity index (χ0n) is 22.0. The van der Waals surface area contributed by atoms with Crippen LogP contribution in [-0.2, 0) is 18.8 Å². The number of nitrogens with zero attached hydrogens (tertiary/aromatic N) is 1. The van der Waals surface area contributed by atoms with Crippen molar-refractivity contribution in [1.29, 1.82) is 0 Å². The molecular weight excluding hydrogens is 507 g/mol. The molecule has 2 aliphatic rings. The van der Waals surface area contributed by atoms with Crippen LogP contribution in [0.4, 0.5) is 0 Å². The quantitative estimate of drug-likeness (QED) is 0.161. The number of rotatable bonds is 7. The highest BCUT2D eigenvalue weighted by Crippen LogP contribution is 2.54. The second-order valence-corrected chi connectivity index (χ2v) is 18.2. The first kappa shape index (κ1) is 27.0. The van der Waals surface area contributed by atoms with Crippen molar-refractivity contribution in [3.63, 3.8) is 0 Å². The molecule has 8 heteroatoms. The van der Waals surface area contributed by atoms with E-state index in [1.54, 1.807) is 26.5 Å². The van der Waals surface area contributed by atoms with E-state index in [1.165, 1.54) is 0 Å². The summed E-state index contributed by atoms with van der Waals surface area (Å²) in [5, 5.41) is -0.0993. The molecule has 0 aliphatic carbocycles. The summed E-state index contributed by atoms with van der Waals surface area (Å²) in [6.07, 6.45) is -0.781. The first-order valence-corrected chi connectivity index (χ1v) is 17.4. The largest absolute Gasteiger partial charge is 0.448 e. The number of β-lactam (4-membered cyclic amide) rings is 1. The monoisotopic (exact) mass is 541 g/mol. The van der Waals surface area contributed by atoms with Gasteiger partial charge in [-0.3, -0.25) is 9.69 Å². The van der Waals surface area contributed by atoms with Crippen molar-refractivity contribution in [3.05, 3.63) is 82.4 Å². The summed E-state index contributed by atoms with van der Waals surface area (Å²) < 4.78 is 12.7. The van der Waals surface area contributed by atoms with Crippen LogP contribution < -0.4 is 0 Å². The van der Waals surface area contributed by atoms with Crippen molar-refractivity contribution in [2.24, 2.45) is 5.92 Å². The van der Waals surface area contributed by atoms with Gasteiger partial charge in [0, 0.05) is 4.91 Å². The standard InChI is InChI=1S/C28H35NO4S2Si/c1-18(33-36(6,7)28(3,4)5)22-25(30)29-23(19(2)34-35-26(22)29)27(31)32-24(20-14-10-8-11-15-20)21-16-12-9-13-17-21/h8-18,22,24,26H,1-7H3/t18-,22+,26+/m1/s1. The topological polar surface area (TPSA) is 55.8 Å². The summed E-state index contributed by atoms with van der Waals surface area (Å²) in [5.41, 5.74) is 2.11. The summed E-state index contributed by atoms with van der Waals surface area (Å²) in [6.45, 7) is 14.9. The number of ether oxygens (including phenoxy) is 1. The maximum absolute atomic E-state index is 13.6. The van der Waals surface area contributed by atoms with Gasteiger partial charge in [0.25, 0.3) is 0 Å². The van der Waals surface area contributed by atoms with Gasteiger partial charge in [0.1, 0.15) is 11.1 Å². The molecule has 0 radical (unpaired) electrons. The van der Waals surface area contributed by atoms with Gasteiger partial charge in [0.05, 0.1) is 12.0 Å². The van der Waals surface area contributed by atoms with Gasteiger partial charge in [-0.25, -0.2) is 4.79 Å². The molecule has 0 N–H and O–H groups in total. The van der Waals surface area contributed by atoms with Crippen molar-refractivity contribution in [2.75, 3.05) is 0 Å². The molecule has 1 amide bonds. The third kappa shape index (κ3) is 5.19. The smallest absolute Gasteiger partial charge is 0.356 e. The van der Waals surface area contributed by atoms with Crippen LogP contribution in [0.2, 0.25) is 18.1 Å². The minimum Gasteiger partial charge on any atom is -0.448 e. The van der Waals surface area contributed by atoms with Crippen LogP contribution in [0.1, 0.15) is 51.8 Å². The zero-order chi connectivity index (χ0) is 26.3. The summed E-state index contributed by atoms with van der Waals surface area (Å²) in [7, 11) is 1.12. The average Bonchev–Trinajstić information content (AvgIpc) is 2.82. The third-order valence-electron chi connectivity index (χ3n) is 7.35. The molecular formula is C28H35NO4S2Si. The van der Waals surface area contributed by atoms with Crippen LogP contribution in [0.25, 0.3) is 0 Å². The van der Waals surface area contributed by atoms with Crippen molar-refractivity contribution in [1.82, 2.24) is 4.90 Å². The molecule has 5 nitrogen and oxygen atoms in total. The van der Waals surface area contributed by atoms with Gasteiger partial charge in [-0.15, -0.1) is 0 Å². The Morgan fingerprint density at radius 1 is 1.00 bits per heavy atom. The zero-order valence-corrected chi connectivity index (χ0v) is 24.6. The first-order valence-electron chi connectivity index (χ1n) is 12.3. The number of esters is 1. The number of hydrogen-bond acceptors (Lipinski definition) is 6. The minimum atomic E-state index is -2.04. The Bertz CT molecular complexity index is 1110. The van der Waals surface area contributed by atoms with Crippen molar-refractivity contribution in [2.45, 2.75) is 70.3 Å². The lowest BCUT2D eigenvalue weighted by atomic mass is 9.92. The van der Waals surface area contributed by atoms with Gasteiger partial charge < -0.3 is 9.16 Å². The van der Waals surface area contributed by atoms with E-state index in [0.29, 0.717) is 5.70 Å². The molecule has 2 aromatic rings. The normalized spacial score (nSPS) is 21.2. The van der Waals surface area contributed by atoms with Crippen molar-refractivity contribution < 1.29 is 18.8 Å². The minimum absolute atomic E-state index is 0.0531. The maximum atomic E-state index is 13.6. The molecule has 2 aliphatic heterocycles. The van der Waals surface area contributed by atoms with Gasteiger partial charge in [-0.2, -0.15) is 0 Å². The molecule has 4 rings (SSSR count). The molecule has 2 aromatic carbocycles. The van der Waals surface area contributed by atoms with Crippen LogP contribution in [0, 0.1) is 5.92 Å². The Morgan fingerprint density at radius 2 is 1.53 bits per heavy atom. The predicted molar refractivity (Wildman–Crippen MR) is 151 cm³/mol. The molecule has 2 heterocycles. The number of amides is 1. The number of benzene rings is 2. The highest BCUT2D eigenvalue weighted by atomic mass is 33.1. The summed E-state index contributed by atoms with van der Waals surface area (Å²) in [6, 6.07) is 19.4. The van der Waals surface area contributed by atoms with Crippen molar-refractivity contribution in [3.8, 4) is 0 Å². The third-order valence-corrected chi connectivity index (χ3v) is 14.8. The fourth-order valence-corrected chi connectivity index (χ4v) is 8.56. The van der Waals surface area contributed by atoms with Crippen LogP contribution in [0.3, 0.4) is 0 Å². The molecule has 0 saturated carbocycles. The Labute approximate surface area is 223 Å². The average molecular weight is 542 g/mol. The molecule has 0 aromatic heterocycles. The SMILES string of the molecule is CC1=C(C(=O)OC(c2ccccc2)c2ccccc2)N2C(=O)[C@H]([C@@H](C)O[Si](C)(C)C(C)(C)C)[C@@H]2SS1. The Kier molecular flexibility index (Phi) is 7.81. The number of allylic oxidation sites excluding steroid dienone is 1. The van der Waals surface area contributed by atoms with E-state index in [0.717, 1.165) is 16.0 Å². The molecule has 3 atom stereocenters. The van der Waals surface area contributed by atoms with E-state index >= 15 is 0 Å². The molecule has 192 valence electrons. The summed E-state index contributed by atoms with van der Waals surface area (Å²) in [5.74, 6) is -0.833. The number of hydrogen-bond donors (Lipinski definition) is 0. The highest BCUT2D eigenvalue weighted by Gasteiger charge is 2.57. The van der Waals surface area contributed by atoms with Gasteiger partial charge in [-0.05, 0) is 43.1 Å². The van der Waals surface area contributed by atoms with Gasteiger partial charge in [0.2, 0.25) is 5.91 Å². The molecule has 1 saturated heterocycles. The molecule has 0 spiro atoms. The highest BCUT2D eigenvalue weighted by molar-refractivity contribution is 8.78. The van der Waals surface area contributed by atoms with E-state index in [2.05, 4.69) is 33.9 Å². The molecule has 36 heavy (non-hydrogen) atoms. The van der Waals surface area contributed by atoms with Crippen LogP contribution >= 0.6 is 21.6 Å². The van der Waals surface area contributed by atoms with E-state index < -0.39 is 20.4 Å². The van der Waals surface area contributed by atoms with Crippen LogP contribution in [-0.4, -0.2) is 36.6 Å². The molecule has 0 unspecified atom stereocenters. The van der Waals surface area contributed by atoms with Gasteiger partial charge in [0.15, 0.2) is 14.4 Å². The first-order chi connectivity index (χ1) is 16.9. The Morgan fingerprint density at radius 3 is 2.03 bits per heavy atom. The fraction of sp³-hybridized carbons (Fsp3) is 0.429. The van der Waals surface area contributed by atoms with Crippen LogP contribution in [0.15, 0.2) is 71.3 Å². The van der Waals surface area contributed by atoms with E-state index in [-0.39, 0.29) is 28.3 Å². The summed E-state index contributed by atoms with van der Waals surface area (Å²) in [4.78, 5) is 29.5. The Hall–Kier alpha value is -2.00. The van der Waals surface area contributed by atoms with Crippen molar-refractivity contribution >= 4 is 41.8 Å². The fourth-order valence-electron chi connectivity index (χ4n) is 4.29. The van der Waals surface area contributed by atoms with Crippen LogP contribution in [0.5, 0.6) is 0 Å².